The van der Waals surface area contributed by atoms with Crippen molar-refractivity contribution < 1.29 is 4.79 Å². The Morgan fingerprint density at radius 1 is 1.50 bits per heavy atom. The average molecular weight is 245 g/mol. The highest BCUT2D eigenvalue weighted by atomic mass is 32.1. The average Bonchev–Trinajstić information content (AvgIpc) is 2.15. The number of nitrogens with two attached hydrogens (primary N) is 1. The molecule has 0 aromatic heterocycles. The van der Waals surface area contributed by atoms with Gasteiger partial charge in [-0.25, -0.2) is 0 Å². The van der Waals surface area contributed by atoms with E-state index < -0.39 is 0 Å². The summed E-state index contributed by atoms with van der Waals surface area (Å²) in [6.07, 6.45) is 2.07. The van der Waals surface area contributed by atoms with Gasteiger partial charge in [0.15, 0.2) is 0 Å². The summed E-state index contributed by atoms with van der Waals surface area (Å²) in [6.45, 7) is 6.44. The Morgan fingerprint density at radius 3 is 2.50 bits per heavy atom. The van der Waals surface area contributed by atoms with Crippen LogP contribution in [-0.4, -0.2) is 41.5 Å². The van der Waals surface area contributed by atoms with E-state index in [1.54, 1.807) is 0 Å². The maximum atomic E-state index is 11.8. The van der Waals surface area contributed by atoms with E-state index in [4.69, 9.17) is 18.0 Å². The fraction of sp³-hybridized carbons (Fsp3) is 0.818. The van der Waals surface area contributed by atoms with E-state index in [2.05, 4.69) is 12.2 Å². The van der Waals surface area contributed by atoms with E-state index in [0.29, 0.717) is 11.5 Å². The SMILES string of the molecule is CCCC(C)NC(=O)C(C)N(C)CC(N)=S. The van der Waals surface area contributed by atoms with Gasteiger partial charge in [-0.05, 0) is 27.3 Å². The maximum Gasteiger partial charge on any atom is 0.237 e. The predicted octanol–water partition coefficient (Wildman–Crippen LogP) is 0.898. The van der Waals surface area contributed by atoms with Crippen molar-refractivity contribution >= 4 is 23.1 Å². The quantitative estimate of drug-likeness (QED) is 0.654. The monoisotopic (exact) mass is 245 g/mol. The molecule has 1 amide bonds. The number of rotatable bonds is 7. The van der Waals surface area contributed by atoms with Crippen molar-refractivity contribution in [1.29, 1.82) is 0 Å². The number of carbonyl (C=O) groups is 1. The number of nitrogens with zero attached hydrogens (tertiary/aromatic N) is 1. The zero-order valence-electron chi connectivity index (χ0n) is 10.6. The number of hydrogen-bond donors (Lipinski definition) is 2. The fourth-order valence-corrected chi connectivity index (χ4v) is 1.66. The second-order valence-corrected chi connectivity index (χ2v) is 4.78. The number of likely N-dealkylation sites (N-methyl/N-ethyl adjacent to an activating group) is 1. The van der Waals surface area contributed by atoms with Crippen LogP contribution in [0, 0.1) is 0 Å². The van der Waals surface area contributed by atoms with E-state index in [9.17, 15) is 4.79 Å². The van der Waals surface area contributed by atoms with Gasteiger partial charge in [-0.15, -0.1) is 0 Å². The van der Waals surface area contributed by atoms with Crippen molar-refractivity contribution in [1.82, 2.24) is 10.2 Å². The lowest BCUT2D eigenvalue weighted by Crippen LogP contribution is -2.48. The van der Waals surface area contributed by atoms with Crippen molar-refractivity contribution in [3.63, 3.8) is 0 Å². The maximum absolute atomic E-state index is 11.8. The van der Waals surface area contributed by atoms with Crippen LogP contribution in [0.4, 0.5) is 0 Å². The number of amides is 1. The van der Waals surface area contributed by atoms with Crippen LogP contribution in [0.1, 0.15) is 33.6 Å². The Hall–Kier alpha value is -0.680. The predicted molar refractivity (Wildman–Crippen MR) is 71.4 cm³/mol. The molecule has 0 spiro atoms. The molecule has 0 heterocycles. The fourth-order valence-electron chi connectivity index (χ4n) is 1.45. The molecule has 2 unspecified atom stereocenters. The van der Waals surface area contributed by atoms with Gasteiger partial charge in [0, 0.05) is 12.6 Å². The minimum absolute atomic E-state index is 0.0275. The zero-order valence-corrected chi connectivity index (χ0v) is 11.4. The van der Waals surface area contributed by atoms with Gasteiger partial charge in [-0.2, -0.15) is 0 Å². The van der Waals surface area contributed by atoms with Crippen LogP contribution in [-0.2, 0) is 4.79 Å². The van der Waals surface area contributed by atoms with Gasteiger partial charge >= 0.3 is 0 Å². The molecule has 16 heavy (non-hydrogen) atoms. The number of nitrogens with one attached hydrogen (secondary N) is 1. The Labute approximate surface area is 104 Å². The molecular weight excluding hydrogens is 222 g/mol. The molecule has 0 radical (unpaired) electrons. The summed E-state index contributed by atoms with van der Waals surface area (Å²) >= 11 is 4.81. The summed E-state index contributed by atoms with van der Waals surface area (Å²) in [5.74, 6) is 0.0275. The van der Waals surface area contributed by atoms with Crippen LogP contribution in [0.25, 0.3) is 0 Å². The molecule has 5 heteroatoms. The number of thiocarbonyl (C=S) groups is 1. The minimum atomic E-state index is -0.208. The van der Waals surface area contributed by atoms with Gasteiger partial charge in [-0.3, -0.25) is 9.69 Å². The molecule has 0 saturated heterocycles. The second kappa shape index (κ2) is 7.57. The Morgan fingerprint density at radius 2 is 2.06 bits per heavy atom. The molecule has 4 nitrogen and oxygen atoms in total. The van der Waals surface area contributed by atoms with E-state index in [-0.39, 0.29) is 18.0 Å². The topological polar surface area (TPSA) is 58.4 Å². The lowest BCUT2D eigenvalue weighted by Gasteiger charge is -2.24. The van der Waals surface area contributed by atoms with E-state index >= 15 is 0 Å². The third-order valence-corrected chi connectivity index (χ3v) is 2.69. The summed E-state index contributed by atoms with van der Waals surface area (Å²) in [4.78, 5) is 14.1. The van der Waals surface area contributed by atoms with Crippen LogP contribution in [0.3, 0.4) is 0 Å². The van der Waals surface area contributed by atoms with Crippen LogP contribution >= 0.6 is 12.2 Å². The Bertz CT molecular complexity index is 245. The highest BCUT2D eigenvalue weighted by Crippen LogP contribution is 1.99. The van der Waals surface area contributed by atoms with Crippen molar-refractivity contribution in [3.05, 3.63) is 0 Å². The molecule has 0 fully saturated rings. The molecule has 2 atom stereocenters. The smallest absolute Gasteiger partial charge is 0.237 e. The molecule has 0 aromatic rings. The van der Waals surface area contributed by atoms with Crippen molar-refractivity contribution in [3.8, 4) is 0 Å². The first kappa shape index (κ1) is 15.3. The largest absolute Gasteiger partial charge is 0.392 e. The highest BCUT2D eigenvalue weighted by molar-refractivity contribution is 7.80. The molecule has 0 bridgehead atoms. The third-order valence-electron chi connectivity index (χ3n) is 2.56. The molecule has 3 N–H and O–H groups in total. The lowest BCUT2D eigenvalue weighted by atomic mass is 10.2. The molecule has 0 saturated carbocycles. The van der Waals surface area contributed by atoms with E-state index in [1.807, 2.05) is 25.8 Å². The van der Waals surface area contributed by atoms with Crippen LogP contribution in [0.15, 0.2) is 0 Å². The summed E-state index contributed by atoms with van der Waals surface area (Å²) in [6, 6.07) is 0.0129. The van der Waals surface area contributed by atoms with Gasteiger partial charge in [0.25, 0.3) is 0 Å². The first-order valence-corrected chi connectivity index (χ1v) is 6.08. The molecule has 0 aliphatic carbocycles. The highest BCUT2D eigenvalue weighted by Gasteiger charge is 2.19. The van der Waals surface area contributed by atoms with Crippen LogP contribution < -0.4 is 11.1 Å². The summed E-state index contributed by atoms with van der Waals surface area (Å²) in [5, 5.41) is 2.97. The molecule has 0 aromatic carbocycles. The summed E-state index contributed by atoms with van der Waals surface area (Å²) in [7, 11) is 1.84. The van der Waals surface area contributed by atoms with Crippen LogP contribution in [0.5, 0.6) is 0 Å². The van der Waals surface area contributed by atoms with Gasteiger partial charge in [-0.1, -0.05) is 25.6 Å². The van der Waals surface area contributed by atoms with Gasteiger partial charge in [0.1, 0.15) is 0 Å². The number of hydrogen-bond acceptors (Lipinski definition) is 3. The third kappa shape index (κ3) is 6.02. The van der Waals surface area contributed by atoms with E-state index in [0.717, 1.165) is 12.8 Å². The normalized spacial score (nSPS) is 14.6. The van der Waals surface area contributed by atoms with Crippen LogP contribution in [0.2, 0.25) is 0 Å². The zero-order chi connectivity index (χ0) is 12.7. The second-order valence-electron chi connectivity index (χ2n) is 4.26. The molecule has 94 valence electrons. The van der Waals surface area contributed by atoms with Gasteiger partial charge < -0.3 is 11.1 Å². The molecular formula is C11H23N3OS. The van der Waals surface area contributed by atoms with Crippen molar-refractivity contribution in [2.45, 2.75) is 45.7 Å². The molecule has 0 aliphatic rings. The standard InChI is InChI=1S/C11H23N3OS/c1-5-6-8(2)13-11(15)9(3)14(4)7-10(12)16/h8-9H,5-7H2,1-4H3,(H2,12,16)(H,13,15). The summed E-state index contributed by atoms with van der Waals surface area (Å²) < 4.78 is 0. The minimum Gasteiger partial charge on any atom is -0.392 e. The van der Waals surface area contributed by atoms with Crippen molar-refractivity contribution in [2.75, 3.05) is 13.6 Å². The molecule has 0 rings (SSSR count). The number of carbonyl (C=O) groups excluding carboxylic acids is 1. The van der Waals surface area contributed by atoms with Crippen molar-refractivity contribution in [2.24, 2.45) is 5.73 Å². The van der Waals surface area contributed by atoms with Gasteiger partial charge in [0.05, 0.1) is 11.0 Å². The van der Waals surface area contributed by atoms with Gasteiger partial charge in [0.2, 0.25) is 5.91 Å². The Kier molecular flexibility index (Phi) is 7.25. The lowest BCUT2D eigenvalue weighted by molar-refractivity contribution is -0.125. The first-order valence-electron chi connectivity index (χ1n) is 5.67. The molecule has 0 aliphatic heterocycles. The summed E-state index contributed by atoms with van der Waals surface area (Å²) in [5.41, 5.74) is 5.44. The Balaban J connectivity index is 4.11. The first-order chi connectivity index (χ1) is 7.38. The van der Waals surface area contributed by atoms with E-state index in [1.165, 1.54) is 0 Å².